The van der Waals surface area contributed by atoms with Gasteiger partial charge in [-0.3, -0.25) is 4.79 Å². The number of carboxylic acid groups (broad SMARTS) is 1. The summed E-state index contributed by atoms with van der Waals surface area (Å²) in [6, 6.07) is 7.39. The van der Waals surface area contributed by atoms with E-state index in [0.29, 0.717) is 16.1 Å². The van der Waals surface area contributed by atoms with Gasteiger partial charge in [0.1, 0.15) is 0 Å². The van der Waals surface area contributed by atoms with Crippen molar-refractivity contribution < 1.29 is 9.90 Å². The van der Waals surface area contributed by atoms with Crippen molar-refractivity contribution in [3.8, 4) is 0 Å². The van der Waals surface area contributed by atoms with Crippen LogP contribution < -0.4 is 0 Å². The van der Waals surface area contributed by atoms with Gasteiger partial charge in [0.2, 0.25) is 5.16 Å². The zero-order chi connectivity index (χ0) is 17.6. The first kappa shape index (κ1) is 17.9. The molecule has 1 heterocycles. The molecule has 132 valence electrons. The molecule has 8 heteroatoms. The Morgan fingerprint density at radius 3 is 2.88 bits per heavy atom. The molecule has 2 aromatic rings. The highest BCUT2D eigenvalue weighted by Crippen LogP contribution is 2.33. The molecule has 0 radical (unpaired) electrons. The predicted octanol–water partition coefficient (Wildman–Crippen LogP) is 4.04. The number of aromatic nitrogens is 3. The third-order valence-corrected chi connectivity index (χ3v) is 5.24. The van der Waals surface area contributed by atoms with Crippen molar-refractivity contribution in [2.45, 2.75) is 43.2 Å². The van der Waals surface area contributed by atoms with E-state index in [9.17, 15) is 4.79 Å². The van der Waals surface area contributed by atoms with Gasteiger partial charge in [-0.05, 0) is 30.5 Å². The smallest absolute Gasteiger partial charge is 0.313 e. The van der Waals surface area contributed by atoms with Gasteiger partial charge in [0.05, 0.1) is 12.0 Å². The lowest BCUT2D eigenvalue weighted by Gasteiger charge is -2.20. The number of benzene rings is 1. The van der Waals surface area contributed by atoms with Crippen molar-refractivity contribution in [2.75, 3.05) is 5.75 Å². The van der Waals surface area contributed by atoms with Gasteiger partial charge >= 0.3 is 5.97 Å². The van der Waals surface area contributed by atoms with Crippen LogP contribution >= 0.6 is 23.4 Å². The molecule has 0 unspecified atom stereocenters. The Hall–Kier alpha value is -1.86. The molecule has 25 heavy (non-hydrogen) atoms. The molecule has 3 rings (SSSR count). The van der Waals surface area contributed by atoms with Gasteiger partial charge in [-0.15, -0.1) is 10.2 Å². The summed E-state index contributed by atoms with van der Waals surface area (Å²) in [5.41, 5.74) is 0.866. The average Bonchev–Trinajstić information content (AvgIpc) is 3.02. The number of thioether (sulfide) groups is 1. The van der Waals surface area contributed by atoms with Gasteiger partial charge < -0.3 is 5.11 Å². The fourth-order valence-corrected chi connectivity index (χ4v) is 3.74. The Labute approximate surface area is 155 Å². The van der Waals surface area contributed by atoms with Crippen LogP contribution in [0.5, 0.6) is 0 Å². The molecule has 1 saturated carbocycles. The van der Waals surface area contributed by atoms with E-state index in [1.807, 2.05) is 18.2 Å². The van der Waals surface area contributed by atoms with Crippen LogP contribution in [-0.4, -0.2) is 37.9 Å². The highest BCUT2D eigenvalue weighted by molar-refractivity contribution is 7.99. The van der Waals surface area contributed by atoms with Gasteiger partial charge in [0.15, 0.2) is 5.82 Å². The zero-order valence-corrected chi connectivity index (χ0v) is 15.2. The first-order valence-electron chi connectivity index (χ1n) is 8.23. The van der Waals surface area contributed by atoms with Gasteiger partial charge in [-0.2, -0.15) is 9.78 Å². The van der Waals surface area contributed by atoms with Crippen molar-refractivity contribution in [3.63, 3.8) is 0 Å². The summed E-state index contributed by atoms with van der Waals surface area (Å²) in [5.74, 6) is 0.163. The van der Waals surface area contributed by atoms with Crippen molar-refractivity contribution in [1.29, 1.82) is 0 Å². The van der Waals surface area contributed by atoms with Gasteiger partial charge in [0.25, 0.3) is 0 Å². The SMILES string of the molecule is O=C(O)CSc1nnc(C2CCCCC2)n1/N=C\c1cccc(Cl)c1. The summed E-state index contributed by atoms with van der Waals surface area (Å²) in [6.07, 6.45) is 7.42. The molecule has 1 aliphatic carbocycles. The lowest BCUT2D eigenvalue weighted by atomic mass is 9.89. The molecule has 0 amide bonds. The summed E-state index contributed by atoms with van der Waals surface area (Å²) in [5, 5.41) is 23.1. The Morgan fingerprint density at radius 1 is 1.36 bits per heavy atom. The van der Waals surface area contributed by atoms with Gasteiger partial charge in [-0.25, -0.2) is 0 Å². The Balaban J connectivity index is 1.89. The third kappa shape index (κ3) is 4.83. The van der Waals surface area contributed by atoms with Crippen LogP contribution in [0.1, 0.15) is 49.4 Å². The minimum absolute atomic E-state index is 0.0739. The number of carbonyl (C=O) groups is 1. The van der Waals surface area contributed by atoms with Crippen LogP contribution in [0.15, 0.2) is 34.5 Å². The molecule has 0 spiro atoms. The average molecular weight is 379 g/mol. The summed E-state index contributed by atoms with van der Waals surface area (Å²) >= 11 is 7.14. The van der Waals surface area contributed by atoms with Crippen molar-refractivity contribution in [3.05, 3.63) is 40.7 Å². The standard InChI is InChI=1S/C17H19ClN4O2S/c18-14-8-4-5-12(9-14)10-19-22-16(13-6-2-1-3-7-13)20-21-17(22)25-11-15(23)24/h4-5,8-10,13H,1-3,6-7,11H2,(H,23,24)/b19-10-. The fourth-order valence-electron chi connectivity index (χ4n) is 2.93. The molecule has 1 N–H and O–H groups in total. The second-order valence-corrected chi connectivity index (χ2v) is 7.35. The van der Waals surface area contributed by atoms with Crippen LogP contribution in [0.3, 0.4) is 0 Å². The summed E-state index contributed by atoms with van der Waals surface area (Å²) < 4.78 is 1.69. The number of carboxylic acids is 1. The molecule has 0 saturated heterocycles. The maximum absolute atomic E-state index is 10.9. The predicted molar refractivity (Wildman–Crippen MR) is 98.7 cm³/mol. The monoisotopic (exact) mass is 378 g/mol. The number of rotatable bonds is 6. The van der Waals surface area contributed by atoms with E-state index in [-0.39, 0.29) is 5.75 Å². The first-order valence-corrected chi connectivity index (χ1v) is 9.59. The van der Waals surface area contributed by atoms with Crippen molar-refractivity contribution >= 4 is 35.5 Å². The second-order valence-electron chi connectivity index (χ2n) is 5.97. The normalized spacial score (nSPS) is 15.7. The topological polar surface area (TPSA) is 80.4 Å². The maximum Gasteiger partial charge on any atom is 0.313 e. The summed E-state index contributed by atoms with van der Waals surface area (Å²) in [4.78, 5) is 10.9. The van der Waals surface area contributed by atoms with E-state index in [1.165, 1.54) is 19.3 Å². The molecular formula is C17H19ClN4O2S. The van der Waals surface area contributed by atoms with E-state index in [4.69, 9.17) is 16.7 Å². The molecule has 0 aliphatic heterocycles. The Morgan fingerprint density at radius 2 is 2.16 bits per heavy atom. The number of halogens is 1. The number of nitrogens with zero attached hydrogens (tertiary/aromatic N) is 4. The molecule has 1 fully saturated rings. The van der Waals surface area contributed by atoms with Crippen molar-refractivity contribution in [1.82, 2.24) is 14.9 Å². The summed E-state index contributed by atoms with van der Waals surface area (Å²) in [7, 11) is 0. The minimum Gasteiger partial charge on any atom is -0.481 e. The lowest BCUT2D eigenvalue weighted by molar-refractivity contribution is -0.133. The number of hydrogen-bond acceptors (Lipinski definition) is 5. The number of aliphatic carboxylic acids is 1. The van der Waals surface area contributed by atoms with Crippen LogP contribution in [0.25, 0.3) is 0 Å². The minimum atomic E-state index is -0.891. The largest absolute Gasteiger partial charge is 0.481 e. The van der Waals surface area contributed by atoms with E-state index in [0.717, 1.165) is 36.0 Å². The highest BCUT2D eigenvalue weighted by atomic mass is 35.5. The molecule has 0 atom stereocenters. The molecule has 1 aliphatic rings. The molecule has 6 nitrogen and oxygen atoms in total. The van der Waals surface area contributed by atoms with Crippen LogP contribution in [-0.2, 0) is 4.79 Å². The highest BCUT2D eigenvalue weighted by Gasteiger charge is 2.23. The van der Waals surface area contributed by atoms with Gasteiger partial charge in [0, 0.05) is 10.9 Å². The van der Waals surface area contributed by atoms with Crippen LogP contribution in [0, 0.1) is 0 Å². The summed E-state index contributed by atoms with van der Waals surface area (Å²) in [6.45, 7) is 0. The van der Waals surface area contributed by atoms with Gasteiger partial charge in [-0.1, -0.05) is 54.8 Å². The lowest BCUT2D eigenvalue weighted by Crippen LogP contribution is -2.11. The first-order chi connectivity index (χ1) is 12.1. The molecular weight excluding hydrogens is 360 g/mol. The van der Waals surface area contributed by atoms with E-state index in [1.54, 1.807) is 17.0 Å². The second kappa shape index (κ2) is 8.49. The third-order valence-electron chi connectivity index (χ3n) is 4.10. The zero-order valence-electron chi connectivity index (χ0n) is 13.6. The van der Waals surface area contributed by atoms with E-state index >= 15 is 0 Å². The Kier molecular flexibility index (Phi) is 6.09. The quantitative estimate of drug-likeness (QED) is 0.606. The fraction of sp³-hybridized carbons (Fsp3) is 0.412. The maximum atomic E-state index is 10.9. The molecule has 1 aromatic carbocycles. The van der Waals surface area contributed by atoms with E-state index in [2.05, 4.69) is 15.3 Å². The van der Waals surface area contributed by atoms with E-state index < -0.39 is 5.97 Å². The van der Waals surface area contributed by atoms with Crippen LogP contribution in [0.4, 0.5) is 0 Å². The Bertz CT molecular complexity index is 772. The van der Waals surface area contributed by atoms with Crippen molar-refractivity contribution in [2.24, 2.45) is 5.10 Å². The molecule has 1 aromatic heterocycles. The number of hydrogen-bond donors (Lipinski definition) is 1. The van der Waals surface area contributed by atoms with Crippen LogP contribution in [0.2, 0.25) is 5.02 Å². The molecule has 0 bridgehead atoms.